The fraction of sp³-hybridized carbons (Fsp3) is 0.571. The van der Waals surface area contributed by atoms with Crippen LogP contribution in [0.5, 0.6) is 0 Å². The van der Waals surface area contributed by atoms with Crippen LogP contribution in [0.15, 0.2) is 18.7 Å². The zero-order valence-electron chi connectivity index (χ0n) is 12.0. The molecule has 0 bridgehead atoms. The van der Waals surface area contributed by atoms with Gasteiger partial charge < -0.3 is 9.80 Å². The summed E-state index contributed by atoms with van der Waals surface area (Å²) in [6, 6.07) is 0. The lowest BCUT2D eigenvalue weighted by Crippen LogP contribution is -2.50. The molecule has 1 aliphatic heterocycles. The van der Waals surface area contributed by atoms with Gasteiger partial charge in [0.15, 0.2) is 0 Å². The third kappa shape index (κ3) is 3.53. The average Bonchev–Trinajstić information content (AvgIpc) is 2.47. The van der Waals surface area contributed by atoms with E-state index >= 15 is 0 Å². The zero-order valence-corrected chi connectivity index (χ0v) is 12.0. The molecule has 0 aliphatic carbocycles. The Morgan fingerprint density at radius 1 is 1.10 bits per heavy atom. The van der Waals surface area contributed by atoms with Gasteiger partial charge in [0.1, 0.15) is 6.33 Å². The van der Waals surface area contributed by atoms with Gasteiger partial charge in [-0.3, -0.25) is 9.59 Å². The molecule has 1 fully saturated rings. The minimum atomic E-state index is -0.0680. The van der Waals surface area contributed by atoms with Crippen molar-refractivity contribution in [2.24, 2.45) is 5.92 Å². The van der Waals surface area contributed by atoms with E-state index in [0.717, 1.165) is 0 Å². The monoisotopic (exact) mass is 276 g/mol. The van der Waals surface area contributed by atoms with Crippen LogP contribution in [0, 0.1) is 5.92 Å². The standard InChI is InChI=1S/C14H20N4O2/c1-11(2)7-13(19)17-3-5-18(6-4-17)14(20)12-8-15-10-16-9-12/h8-11H,3-7H2,1-2H3. The molecular weight excluding hydrogens is 256 g/mol. The van der Waals surface area contributed by atoms with E-state index in [1.165, 1.54) is 18.7 Å². The Morgan fingerprint density at radius 2 is 1.65 bits per heavy atom. The molecule has 20 heavy (non-hydrogen) atoms. The molecule has 1 aliphatic rings. The predicted molar refractivity (Wildman–Crippen MR) is 74.0 cm³/mol. The largest absolute Gasteiger partial charge is 0.339 e. The lowest BCUT2D eigenvalue weighted by atomic mass is 10.1. The highest BCUT2D eigenvalue weighted by atomic mass is 16.2. The van der Waals surface area contributed by atoms with Crippen LogP contribution in [0.25, 0.3) is 0 Å². The predicted octanol–water partition coefficient (Wildman–Crippen LogP) is 0.807. The van der Waals surface area contributed by atoms with Gasteiger partial charge in [0.25, 0.3) is 5.91 Å². The number of amides is 2. The molecule has 0 atom stereocenters. The van der Waals surface area contributed by atoms with Gasteiger partial charge in [-0.05, 0) is 5.92 Å². The third-order valence-electron chi connectivity index (χ3n) is 3.31. The van der Waals surface area contributed by atoms with Crippen LogP contribution in [0.2, 0.25) is 0 Å². The van der Waals surface area contributed by atoms with Crippen molar-refractivity contribution in [1.82, 2.24) is 19.8 Å². The van der Waals surface area contributed by atoms with E-state index in [2.05, 4.69) is 9.97 Å². The van der Waals surface area contributed by atoms with Gasteiger partial charge in [-0.15, -0.1) is 0 Å². The van der Waals surface area contributed by atoms with Crippen molar-refractivity contribution in [1.29, 1.82) is 0 Å². The fourth-order valence-electron chi connectivity index (χ4n) is 2.23. The molecular formula is C14H20N4O2. The number of nitrogens with zero attached hydrogens (tertiary/aromatic N) is 4. The van der Waals surface area contributed by atoms with Crippen LogP contribution in [-0.4, -0.2) is 57.8 Å². The van der Waals surface area contributed by atoms with Crippen LogP contribution >= 0.6 is 0 Å². The van der Waals surface area contributed by atoms with Crippen molar-refractivity contribution in [3.63, 3.8) is 0 Å². The number of carbonyl (C=O) groups excluding carboxylic acids is 2. The number of piperazine rings is 1. The summed E-state index contributed by atoms with van der Waals surface area (Å²) < 4.78 is 0. The molecule has 108 valence electrons. The molecule has 0 spiro atoms. The van der Waals surface area contributed by atoms with Crippen LogP contribution in [0.3, 0.4) is 0 Å². The molecule has 1 aromatic rings. The minimum absolute atomic E-state index is 0.0680. The Balaban J connectivity index is 1.88. The van der Waals surface area contributed by atoms with Crippen molar-refractivity contribution in [3.8, 4) is 0 Å². The van der Waals surface area contributed by atoms with E-state index in [9.17, 15) is 9.59 Å². The van der Waals surface area contributed by atoms with Gasteiger partial charge in [0.05, 0.1) is 5.56 Å². The van der Waals surface area contributed by atoms with Gasteiger partial charge in [0, 0.05) is 45.0 Å². The second-order valence-corrected chi connectivity index (χ2v) is 5.40. The normalized spacial score (nSPS) is 15.6. The maximum absolute atomic E-state index is 12.2. The molecule has 0 saturated carbocycles. The quantitative estimate of drug-likeness (QED) is 0.819. The molecule has 2 rings (SSSR count). The summed E-state index contributed by atoms with van der Waals surface area (Å²) in [5.41, 5.74) is 0.495. The SMILES string of the molecule is CC(C)CC(=O)N1CCN(C(=O)c2cncnc2)CC1. The summed E-state index contributed by atoms with van der Waals surface area (Å²) in [4.78, 5) is 35.4. The second kappa shape index (κ2) is 6.45. The van der Waals surface area contributed by atoms with Crippen LogP contribution in [0.1, 0.15) is 30.6 Å². The molecule has 1 aromatic heterocycles. The first-order valence-electron chi connectivity index (χ1n) is 6.90. The molecule has 2 heterocycles. The van der Waals surface area contributed by atoms with Gasteiger partial charge in [0.2, 0.25) is 5.91 Å². The topological polar surface area (TPSA) is 66.4 Å². The van der Waals surface area contributed by atoms with Crippen molar-refractivity contribution < 1.29 is 9.59 Å². The second-order valence-electron chi connectivity index (χ2n) is 5.40. The Bertz CT molecular complexity index is 467. The zero-order chi connectivity index (χ0) is 14.5. The number of hydrogen-bond donors (Lipinski definition) is 0. The minimum Gasteiger partial charge on any atom is -0.339 e. The Kier molecular flexibility index (Phi) is 4.65. The van der Waals surface area contributed by atoms with Gasteiger partial charge in [-0.25, -0.2) is 9.97 Å². The van der Waals surface area contributed by atoms with E-state index in [4.69, 9.17) is 0 Å². The molecule has 6 heteroatoms. The number of hydrogen-bond acceptors (Lipinski definition) is 4. The van der Waals surface area contributed by atoms with Crippen molar-refractivity contribution in [3.05, 3.63) is 24.3 Å². The molecule has 6 nitrogen and oxygen atoms in total. The summed E-state index contributed by atoms with van der Waals surface area (Å²) in [6.07, 6.45) is 5.01. The van der Waals surface area contributed by atoms with Crippen LogP contribution in [-0.2, 0) is 4.79 Å². The molecule has 0 radical (unpaired) electrons. The highest BCUT2D eigenvalue weighted by Gasteiger charge is 2.25. The van der Waals surface area contributed by atoms with E-state index in [-0.39, 0.29) is 11.8 Å². The molecule has 0 unspecified atom stereocenters. The highest BCUT2D eigenvalue weighted by Crippen LogP contribution is 2.10. The van der Waals surface area contributed by atoms with E-state index < -0.39 is 0 Å². The summed E-state index contributed by atoms with van der Waals surface area (Å²) in [7, 11) is 0. The summed E-state index contributed by atoms with van der Waals surface area (Å²) in [6.45, 7) is 6.41. The first kappa shape index (κ1) is 14.4. The van der Waals surface area contributed by atoms with Gasteiger partial charge in [-0.1, -0.05) is 13.8 Å². The van der Waals surface area contributed by atoms with Gasteiger partial charge >= 0.3 is 0 Å². The molecule has 0 aromatic carbocycles. The number of carbonyl (C=O) groups is 2. The lowest BCUT2D eigenvalue weighted by molar-refractivity contribution is -0.133. The smallest absolute Gasteiger partial charge is 0.257 e. The third-order valence-corrected chi connectivity index (χ3v) is 3.31. The van der Waals surface area contributed by atoms with E-state index in [1.54, 1.807) is 4.90 Å². The fourth-order valence-corrected chi connectivity index (χ4v) is 2.23. The number of aromatic nitrogens is 2. The Labute approximate surface area is 118 Å². The lowest BCUT2D eigenvalue weighted by Gasteiger charge is -2.35. The molecule has 0 N–H and O–H groups in total. The maximum atomic E-state index is 12.2. The first-order chi connectivity index (χ1) is 9.58. The van der Waals surface area contributed by atoms with Crippen molar-refractivity contribution in [2.45, 2.75) is 20.3 Å². The Hall–Kier alpha value is -1.98. The number of rotatable bonds is 3. The van der Waals surface area contributed by atoms with Crippen molar-refractivity contribution in [2.75, 3.05) is 26.2 Å². The maximum Gasteiger partial charge on any atom is 0.257 e. The van der Waals surface area contributed by atoms with E-state index in [0.29, 0.717) is 44.1 Å². The average molecular weight is 276 g/mol. The Morgan fingerprint density at radius 3 is 2.20 bits per heavy atom. The highest BCUT2D eigenvalue weighted by molar-refractivity contribution is 5.93. The van der Waals surface area contributed by atoms with Crippen LogP contribution in [0.4, 0.5) is 0 Å². The first-order valence-corrected chi connectivity index (χ1v) is 6.90. The molecule has 1 saturated heterocycles. The summed E-state index contributed by atoms with van der Waals surface area (Å²) in [5, 5.41) is 0. The molecule has 2 amide bonds. The van der Waals surface area contributed by atoms with Crippen LogP contribution < -0.4 is 0 Å². The summed E-state index contributed by atoms with van der Waals surface area (Å²) >= 11 is 0. The summed E-state index contributed by atoms with van der Waals surface area (Å²) in [5.74, 6) is 0.473. The van der Waals surface area contributed by atoms with E-state index in [1.807, 2.05) is 18.7 Å². The van der Waals surface area contributed by atoms with Crippen molar-refractivity contribution >= 4 is 11.8 Å². The van der Waals surface area contributed by atoms with Gasteiger partial charge in [-0.2, -0.15) is 0 Å².